The third-order valence-corrected chi connectivity index (χ3v) is 22.8. The fourth-order valence-electron chi connectivity index (χ4n) is 3.52. The highest BCUT2D eigenvalue weighted by Gasteiger charge is 2.62. The van der Waals surface area contributed by atoms with Crippen molar-refractivity contribution in [2.24, 2.45) is 5.92 Å². The second-order valence-electron chi connectivity index (χ2n) is 8.32. The largest absolute Gasteiger partial charge is 0.395 e. The molecule has 0 amide bonds. The summed E-state index contributed by atoms with van der Waals surface area (Å²) in [5, 5.41) is -1.65. The topological polar surface area (TPSA) is 43.4 Å². The van der Waals surface area contributed by atoms with E-state index in [1.165, 1.54) is 0 Å². The van der Waals surface area contributed by atoms with Crippen LogP contribution >= 0.6 is 11.6 Å². The van der Waals surface area contributed by atoms with Crippen molar-refractivity contribution in [1.29, 1.82) is 0 Å². The van der Waals surface area contributed by atoms with Crippen LogP contribution in [0.15, 0.2) is 60.7 Å². The highest BCUT2D eigenvalue weighted by atomic mass is 35.5. The van der Waals surface area contributed by atoms with Crippen LogP contribution in [0.25, 0.3) is 0 Å². The predicted molar refractivity (Wildman–Crippen MR) is 114 cm³/mol. The van der Waals surface area contributed by atoms with Crippen molar-refractivity contribution in [1.82, 2.24) is 0 Å². The number of carbonyl (C=O) groups is 2. The van der Waals surface area contributed by atoms with Crippen molar-refractivity contribution in [3.63, 3.8) is 0 Å². The Morgan fingerprint density at radius 2 is 1.41 bits per heavy atom. The zero-order chi connectivity index (χ0) is 19.9. The Balaban J connectivity index is 2.09. The fourth-order valence-corrected chi connectivity index (χ4v) is 11.3. The van der Waals surface area contributed by atoms with Crippen LogP contribution in [-0.4, -0.2) is 32.1 Å². The average molecular weight is 417 g/mol. The van der Waals surface area contributed by atoms with Crippen molar-refractivity contribution in [3.8, 4) is 0 Å². The molecule has 0 aliphatic carbocycles. The van der Waals surface area contributed by atoms with Crippen LogP contribution in [0, 0.1) is 5.92 Å². The number of alkyl halides is 1. The van der Waals surface area contributed by atoms with Crippen LogP contribution in [0.2, 0.25) is 32.2 Å². The Hall–Kier alpha value is -1.54. The number of hydrogen-bond donors (Lipinski definition) is 0. The zero-order valence-electron chi connectivity index (χ0n) is 16.2. The lowest BCUT2D eigenvalue weighted by Gasteiger charge is -2.52. The molecule has 3 nitrogen and oxygen atoms in total. The SMILES string of the molecule is C[Si]1(C)CC(C(=O)c2ccccc2)C(Cl)(C(=O)c2ccccc2)O[Si]1(C)C. The first-order chi connectivity index (χ1) is 12.6. The lowest BCUT2D eigenvalue weighted by molar-refractivity contribution is 0.0466. The summed E-state index contributed by atoms with van der Waals surface area (Å²) >= 11 is 6.95. The Kier molecular flexibility index (Phi) is 5.34. The van der Waals surface area contributed by atoms with Crippen molar-refractivity contribution >= 4 is 38.6 Å². The molecule has 1 saturated heterocycles. The van der Waals surface area contributed by atoms with E-state index in [0.29, 0.717) is 17.2 Å². The number of Topliss-reactive ketones (excluding diaryl/α,β-unsaturated/α-hetero) is 2. The maximum atomic E-state index is 13.4. The molecule has 2 atom stereocenters. The van der Waals surface area contributed by atoms with Crippen LogP contribution in [0.3, 0.4) is 0 Å². The van der Waals surface area contributed by atoms with Gasteiger partial charge in [-0.25, -0.2) is 0 Å². The number of rotatable bonds is 4. The molecule has 2 unspecified atom stereocenters. The second kappa shape index (κ2) is 7.13. The highest BCUT2D eigenvalue weighted by Crippen LogP contribution is 2.47. The molecular weight excluding hydrogens is 392 g/mol. The molecule has 27 heavy (non-hydrogen) atoms. The van der Waals surface area contributed by atoms with Crippen molar-refractivity contribution < 1.29 is 14.0 Å². The standard InChI is InChI=1S/C21H25ClO3Si2/c1-26(2)15-18(19(23)16-11-7-5-8-12-16)21(22,25-27(26,3)4)20(24)17-13-9-6-10-14-17/h5-14,18H,15H2,1-4H3. The third-order valence-electron chi connectivity index (χ3n) is 5.92. The van der Waals surface area contributed by atoms with Gasteiger partial charge in [0.15, 0.2) is 13.6 Å². The lowest BCUT2D eigenvalue weighted by Crippen LogP contribution is -2.69. The van der Waals surface area contributed by atoms with Gasteiger partial charge in [0.2, 0.25) is 10.8 Å². The molecule has 3 rings (SSSR count). The molecule has 0 aromatic heterocycles. The van der Waals surface area contributed by atoms with Gasteiger partial charge in [0.05, 0.1) is 13.5 Å². The molecular formula is C21H25ClO3Si2. The maximum absolute atomic E-state index is 13.4. The summed E-state index contributed by atoms with van der Waals surface area (Å²) in [5.41, 5.74) is 1.05. The Labute approximate surface area is 167 Å². The van der Waals surface area contributed by atoms with Gasteiger partial charge in [-0.05, 0) is 19.1 Å². The lowest BCUT2D eigenvalue weighted by atomic mass is 9.89. The van der Waals surface area contributed by atoms with Gasteiger partial charge in [-0.2, -0.15) is 0 Å². The monoisotopic (exact) mass is 416 g/mol. The summed E-state index contributed by atoms with van der Waals surface area (Å²) in [7, 11) is -4.06. The number of benzene rings is 2. The van der Waals surface area contributed by atoms with Crippen LogP contribution in [0.1, 0.15) is 20.7 Å². The molecule has 0 spiro atoms. The van der Waals surface area contributed by atoms with Crippen molar-refractivity contribution in [2.75, 3.05) is 0 Å². The summed E-state index contributed by atoms with van der Waals surface area (Å²) < 4.78 is 6.44. The fraction of sp³-hybridized carbons (Fsp3) is 0.333. The van der Waals surface area contributed by atoms with E-state index in [0.717, 1.165) is 0 Å². The minimum absolute atomic E-state index is 0.111. The quantitative estimate of drug-likeness (QED) is 0.384. The molecule has 0 bridgehead atoms. The van der Waals surface area contributed by atoms with E-state index in [9.17, 15) is 9.59 Å². The van der Waals surface area contributed by atoms with Crippen LogP contribution in [0.5, 0.6) is 0 Å². The van der Waals surface area contributed by atoms with Gasteiger partial charge in [0.25, 0.3) is 0 Å². The van der Waals surface area contributed by atoms with Crippen LogP contribution in [0.4, 0.5) is 0 Å². The first kappa shape index (κ1) is 20.2. The van der Waals surface area contributed by atoms with Gasteiger partial charge in [-0.15, -0.1) is 0 Å². The smallest absolute Gasteiger partial charge is 0.209 e. The molecule has 142 valence electrons. The molecule has 2 aromatic rings. The van der Waals surface area contributed by atoms with Crippen LogP contribution < -0.4 is 0 Å². The number of hydrogen-bond acceptors (Lipinski definition) is 3. The number of carbonyl (C=O) groups excluding carboxylic acids is 2. The van der Waals surface area contributed by atoms with E-state index in [2.05, 4.69) is 26.2 Å². The van der Waals surface area contributed by atoms with Crippen molar-refractivity contribution in [2.45, 2.75) is 37.3 Å². The van der Waals surface area contributed by atoms with Gasteiger partial charge in [-0.3, -0.25) is 9.59 Å². The van der Waals surface area contributed by atoms with Crippen LogP contribution in [-0.2, 0) is 4.43 Å². The van der Waals surface area contributed by atoms with Gasteiger partial charge >= 0.3 is 0 Å². The van der Waals surface area contributed by atoms with E-state index in [-0.39, 0.29) is 11.6 Å². The summed E-state index contributed by atoms with van der Waals surface area (Å²) in [6.45, 7) is 8.73. The third kappa shape index (κ3) is 3.61. The molecule has 0 radical (unpaired) electrons. The minimum atomic E-state index is -2.20. The van der Waals surface area contributed by atoms with Gasteiger partial charge in [0, 0.05) is 11.1 Å². The predicted octanol–water partition coefficient (Wildman–Crippen LogP) is 5.33. The average Bonchev–Trinajstić information content (AvgIpc) is 2.65. The molecule has 1 aliphatic rings. The van der Waals surface area contributed by atoms with E-state index in [1.54, 1.807) is 36.4 Å². The van der Waals surface area contributed by atoms with Crippen molar-refractivity contribution in [3.05, 3.63) is 71.8 Å². The molecule has 0 N–H and O–H groups in total. The first-order valence-corrected chi connectivity index (χ1v) is 16.7. The normalized spacial score (nSPS) is 26.3. The summed E-state index contributed by atoms with van der Waals surface area (Å²) in [6.07, 6.45) is 0. The van der Waals surface area contributed by atoms with E-state index >= 15 is 0 Å². The summed E-state index contributed by atoms with van der Waals surface area (Å²) in [4.78, 5) is 26.8. The summed E-state index contributed by atoms with van der Waals surface area (Å²) in [5.74, 6) is -1.11. The molecule has 1 fully saturated rings. The molecule has 0 saturated carbocycles. The van der Waals surface area contributed by atoms with Gasteiger partial charge in [0.1, 0.15) is 0 Å². The first-order valence-electron chi connectivity index (χ1n) is 9.17. The van der Waals surface area contributed by atoms with E-state index < -0.39 is 26.4 Å². The Bertz CT molecular complexity index is 852. The van der Waals surface area contributed by atoms with E-state index in [4.69, 9.17) is 16.0 Å². The van der Waals surface area contributed by atoms with Gasteiger partial charge in [-0.1, -0.05) is 85.4 Å². The minimum Gasteiger partial charge on any atom is -0.395 e. The zero-order valence-corrected chi connectivity index (χ0v) is 18.9. The number of ketones is 2. The Morgan fingerprint density at radius 3 is 1.93 bits per heavy atom. The highest BCUT2D eigenvalue weighted by molar-refractivity contribution is 7.38. The Morgan fingerprint density at radius 1 is 0.926 bits per heavy atom. The molecule has 6 heteroatoms. The molecule has 2 aromatic carbocycles. The molecule has 1 heterocycles. The summed E-state index contributed by atoms with van der Waals surface area (Å²) in [6, 6.07) is 18.6. The maximum Gasteiger partial charge on any atom is 0.209 e. The van der Waals surface area contributed by atoms with E-state index in [1.807, 2.05) is 24.3 Å². The second-order valence-corrected chi connectivity index (χ2v) is 24.0. The van der Waals surface area contributed by atoms with Gasteiger partial charge < -0.3 is 4.43 Å². The number of halogens is 1. The molecule has 1 aliphatic heterocycles.